The largest absolute Gasteiger partial charge is 0.352 e. The molecule has 1 aromatic rings. The predicted octanol–water partition coefficient (Wildman–Crippen LogP) is 2.80. The van der Waals surface area contributed by atoms with Crippen LogP contribution in [0.3, 0.4) is 0 Å². The number of nitrogens with two attached hydrogens (primary N) is 1. The molecule has 3 rings (SSSR count). The van der Waals surface area contributed by atoms with Crippen LogP contribution in [0.5, 0.6) is 0 Å². The Morgan fingerprint density at radius 2 is 2.20 bits per heavy atom. The molecule has 1 aliphatic carbocycles. The van der Waals surface area contributed by atoms with Crippen molar-refractivity contribution in [2.24, 2.45) is 17.1 Å². The average Bonchev–Trinajstić information content (AvgIpc) is 2.78. The van der Waals surface area contributed by atoms with Gasteiger partial charge in [-0.15, -0.1) is 0 Å². The lowest BCUT2D eigenvalue weighted by atomic mass is 9.75. The van der Waals surface area contributed by atoms with Gasteiger partial charge < -0.3 is 11.1 Å². The van der Waals surface area contributed by atoms with Crippen molar-refractivity contribution < 1.29 is 4.79 Å². The van der Waals surface area contributed by atoms with Gasteiger partial charge in [-0.1, -0.05) is 32.4 Å². The van der Waals surface area contributed by atoms with Crippen LogP contribution in [-0.2, 0) is 6.42 Å². The number of benzene rings is 1. The van der Waals surface area contributed by atoms with E-state index in [-0.39, 0.29) is 11.9 Å². The summed E-state index contributed by atoms with van der Waals surface area (Å²) in [5.74, 6) is 0.554. The fourth-order valence-corrected chi connectivity index (χ4v) is 3.89. The molecule has 108 valence electrons. The fourth-order valence-electron chi connectivity index (χ4n) is 3.89. The Balaban J connectivity index is 1.91. The number of hydrogen-bond donors (Lipinski definition) is 2. The number of rotatable bonds is 2. The van der Waals surface area contributed by atoms with E-state index in [4.69, 9.17) is 5.73 Å². The van der Waals surface area contributed by atoms with Crippen molar-refractivity contribution in [1.29, 1.82) is 0 Å². The van der Waals surface area contributed by atoms with Gasteiger partial charge in [0.25, 0.3) is 5.91 Å². The van der Waals surface area contributed by atoms with E-state index in [1.165, 1.54) is 19.3 Å². The number of fused-ring (bicyclic) bond motifs is 1. The van der Waals surface area contributed by atoms with Gasteiger partial charge in [-0.3, -0.25) is 4.79 Å². The second-order valence-electron chi connectivity index (χ2n) is 6.94. The lowest BCUT2D eigenvalue weighted by Gasteiger charge is -2.32. The lowest BCUT2D eigenvalue weighted by molar-refractivity contribution is 0.0946. The molecule has 0 radical (unpaired) electrons. The zero-order valence-corrected chi connectivity index (χ0v) is 12.4. The van der Waals surface area contributed by atoms with E-state index in [0.29, 0.717) is 11.3 Å². The summed E-state index contributed by atoms with van der Waals surface area (Å²) in [5.41, 5.74) is 9.91. The van der Waals surface area contributed by atoms with Crippen molar-refractivity contribution in [2.75, 3.05) is 6.54 Å². The Hall–Kier alpha value is -1.35. The second kappa shape index (κ2) is 4.88. The van der Waals surface area contributed by atoms with Crippen LogP contribution in [0, 0.1) is 11.3 Å². The average molecular weight is 272 g/mol. The third-order valence-electron chi connectivity index (χ3n) is 5.22. The first-order valence-corrected chi connectivity index (χ1v) is 7.66. The molecule has 1 aliphatic heterocycles. The van der Waals surface area contributed by atoms with Gasteiger partial charge >= 0.3 is 0 Å². The molecule has 1 heterocycles. The van der Waals surface area contributed by atoms with E-state index in [1.807, 2.05) is 6.07 Å². The van der Waals surface area contributed by atoms with Gasteiger partial charge in [0.1, 0.15) is 0 Å². The van der Waals surface area contributed by atoms with E-state index in [9.17, 15) is 4.79 Å². The van der Waals surface area contributed by atoms with Crippen LogP contribution in [0.25, 0.3) is 0 Å². The van der Waals surface area contributed by atoms with E-state index in [1.54, 1.807) is 0 Å². The van der Waals surface area contributed by atoms with Crippen molar-refractivity contribution in [1.82, 2.24) is 5.32 Å². The summed E-state index contributed by atoms with van der Waals surface area (Å²) in [4.78, 5) is 12.0. The lowest BCUT2D eigenvalue weighted by Crippen LogP contribution is -2.33. The Kier molecular flexibility index (Phi) is 3.33. The standard InChI is InChI=1S/C17H24N2O/c1-17(2)8-3-4-14(17)15(18)12-6-5-11-7-9-19-16(20)13(11)10-12/h5-6,10,14-15H,3-4,7-9,18H2,1-2H3,(H,19,20). The van der Waals surface area contributed by atoms with E-state index >= 15 is 0 Å². The number of amides is 1. The number of nitrogens with one attached hydrogen (secondary N) is 1. The van der Waals surface area contributed by atoms with Crippen LogP contribution in [-0.4, -0.2) is 12.5 Å². The highest BCUT2D eigenvalue weighted by Gasteiger charge is 2.38. The molecule has 1 amide bonds. The molecular formula is C17H24N2O. The summed E-state index contributed by atoms with van der Waals surface area (Å²) in [5, 5.41) is 2.91. The summed E-state index contributed by atoms with van der Waals surface area (Å²) >= 11 is 0. The molecule has 3 nitrogen and oxygen atoms in total. The first-order chi connectivity index (χ1) is 9.49. The molecule has 1 saturated carbocycles. The summed E-state index contributed by atoms with van der Waals surface area (Å²) in [7, 11) is 0. The van der Waals surface area contributed by atoms with Gasteiger partial charge in [-0.05, 0) is 47.8 Å². The normalized spacial score (nSPS) is 25.9. The summed E-state index contributed by atoms with van der Waals surface area (Å²) in [6.07, 6.45) is 4.62. The van der Waals surface area contributed by atoms with Crippen molar-refractivity contribution in [3.63, 3.8) is 0 Å². The molecule has 0 spiro atoms. The van der Waals surface area contributed by atoms with Gasteiger partial charge in [0, 0.05) is 18.2 Å². The number of hydrogen-bond acceptors (Lipinski definition) is 2. The van der Waals surface area contributed by atoms with Crippen molar-refractivity contribution in [3.8, 4) is 0 Å². The molecule has 3 heteroatoms. The minimum absolute atomic E-state index is 0.0347. The van der Waals surface area contributed by atoms with E-state index < -0.39 is 0 Å². The molecule has 2 unspecified atom stereocenters. The van der Waals surface area contributed by atoms with E-state index in [0.717, 1.165) is 29.7 Å². The third-order valence-corrected chi connectivity index (χ3v) is 5.22. The van der Waals surface area contributed by atoms with Gasteiger partial charge in [0.2, 0.25) is 0 Å². The first-order valence-electron chi connectivity index (χ1n) is 7.66. The van der Waals surface area contributed by atoms with Crippen molar-refractivity contribution >= 4 is 5.91 Å². The maximum Gasteiger partial charge on any atom is 0.251 e. The Morgan fingerprint density at radius 1 is 1.40 bits per heavy atom. The van der Waals surface area contributed by atoms with Gasteiger partial charge in [-0.2, -0.15) is 0 Å². The van der Waals surface area contributed by atoms with Crippen LogP contribution in [0.2, 0.25) is 0 Å². The summed E-state index contributed by atoms with van der Waals surface area (Å²) < 4.78 is 0. The van der Waals surface area contributed by atoms with Crippen LogP contribution < -0.4 is 11.1 Å². The van der Waals surface area contributed by atoms with Crippen LogP contribution >= 0.6 is 0 Å². The Morgan fingerprint density at radius 3 is 2.90 bits per heavy atom. The SMILES string of the molecule is CC1(C)CCCC1C(N)c1ccc2c(c1)C(=O)NCC2. The van der Waals surface area contributed by atoms with Crippen molar-refractivity contribution in [3.05, 3.63) is 34.9 Å². The second-order valence-corrected chi connectivity index (χ2v) is 6.94. The fraction of sp³-hybridized carbons (Fsp3) is 0.588. The maximum absolute atomic E-state index is 12.0. The van der Waals surface area contributed by atoms with Crippen molar-refractivity contribution in [2.45, 2.75) is 45.6 Å². The summed E-state index contributed by atoms with van der Waals surface area (Å²) in [6, 6.07) is 6.26. The van der Waals surface area contributed by atoms with Gasteiger partial charge in [-0.25, -0.2) is 0 Å². The molecule has 0 saturated heterocycles. The summed E-state index contributed by atoms with van der Waals surface area (Å²) in [6.45, 7) is 5.37. The van der Waals surface area contributed by atoms with E-state index in [2.05, 4.69) is 31.3 Å². The zero-order chi connectivity index (χ0) is 14.3. The third kappa shape index (κ3) is 2.24. The Bertz CT molecular complexity index is 536. The minimum Gasteiger partial charge on any atom is -0.352 e. The highest BCUT2D eigenvalue weighted by atomic mass is 16.1. The van der Waals surface area contributed by atoms with Crippen LogP contribution in [0.4, 0.5) is 0 Å². The number of carbonyl (C=O) groups excluding carboxylic acids is 1. The Labute approximate surface area is 120 Å². The molecule has 0 aromatic heterocycles. The molecule has 1 aromatic carbocycles. The highest BCUT2D eigenvalue weighted by molar-refractivity contribution is 5.96. The maximum atomic E-state index is 12.0. The highest BCUT2D eigenvalue weighted by Crippen LogP contribution is 2.47. The monoisotopic (exact) mass is 272 g/mol. The molecule has 3 N–H and O–H groups in total. The first kappa shape index (κ1) is 13.6. The molecule has 1 fully saturated rings. The predicted molar refractivity (Wildman–Crippen MR) is 80.5 cm³/mol. The molecular weight excluding hydrogens is 248 g/mol. The smallest absolute Gasteiger partial charge is 0.251 e. The van der Waals surface area contributed by atoms with Gasteiger partial charge in [0.15, 0.2) is 0 Å². The molecule has 20 heavy (non-hydrogen) atoms. The molecule has 2 aliphatic rings. The van der Waals surface area contributed by atoms with Gasteiger partial charge in [0.05, 0.1) is 0 Å². The minimum atomic E-state index is 0.0347. The number of carbonyl (C=O) groups is 1. The zero-order valence-electron chi connectivity index (χ0n) is 12.4. The van der Waals surface area contributed by atoms with Crippen LogP contribution in [0.1, 0.15) is 60.6 Å². The topological polar surface area (TPSA) is 55.1 Å². The quantitative estimate of drug-likeness (QED) is 0.870. The molecule has 0 bridgehead atoms. The molecule has 2 atom stereocenters. The van der Waals surface area contributed by atoms with Crippen LogP contribution in [0.15, 0.2) is 18.2 Å².